The van der Waals surface area contributed by atoms with E-state index in [2.05, 4.69) is 35.5 Å². The van der Waals surface area contributed by atoms with Crippen LogP contribution in [-0.4, -0.2) is 7.85 Å². The summed E-state index contributed by atoms with van der Waals surface area (Å²) in [4.78, 5) is 0. The topological polar surface area (TPSA) is 0 Å². The van der Waals surface area contributed by atoms with Crippen molar-refractivity contribution in [2.45, 2.75) is 52.8 Å². The molecule has 0 aliphatic heterocycles. The lowest BCUT2D eigenvalue weighted by atomic mass is 9.70. The van der Waals surface area contributed by atoms with E-state index in [-0.39, 0.29) is 0 Å². The standard InChI is InChI=1S/C10H23B/c1-5-9(6-2)10(11)7-8(3)4/h8-10H,5-7,11H2,1-4H3. The van der Waals surface area contributed by atoms with Crippen molar-refractivity contribution >= 4 is 7.85 Å². The highest BCUT2D eigenvalue weighted by Gasteiger charge is 2.13. The molecular formula is C10H23B. The van der Waals surface area contributed by atoms with Crippen molar-refractivity contribution in [3.8, 4) is 0 Å². The molecule has 0 saturated carbocycles. The zero-order valence-electron chi connectivity index (χ0n) is 8.85. The van der Waals surface area contributed by atoms with Gasteiger partial charge in [0.25, 0.3) is 0 Å². The first-order valence-corrected chi connectivity index (χ1v) is 5.11. The Hall–Kier alpha value is 0.0649. The quantitative estimate of drug-likeness (QED) is 0.534. The number of hydrogen-bond donors (Lipinski definition) is 0. The molecule has 0 fully saturated rings. The Balaban J connectivity index is 3.68. The van der Waals surface area contributed by atoms with Crippen molar-refractivity contribution in [3.05, 3.63) is 0 Å². The smallest absolute Gasteiger partial charge is 0.0667 e. The second-order valence-electron chi connectivity index (χ2n) is 4.18. The molecule has 0 spiro atoms. The maximum Gasteiger partial charge on any atom is 0.105 e. The highest BCUT2D eigenvalue weighted by molar-refractivity contribution is 6.11. The Morgan fingerprint density at radius 1 is 1.09 bits per heavy atom. The lowest BCUT2D eigenvalue weighted by Gasteiger charge is -2.22. The third kappa shape index (κ3) is 4.50. The molecule has 0 saturated heterocycles. The summed E-state index contributed by atoms with van der Waals surface area (Å²) >= 11 is 0. The first kappa shape index (κ1) is 11.1. The molecule has 66 valence electrons. The average molecular weight is 154 g/mol. The van der Waals surface area contributed by atoms with Gasteiger partial charge in [0, 0.05) is 0 Å². The Bertz CT molecular complexity index is 84.9. The molecule has 0 amide bonds. The van der Waals surface area contributed by atoms with Crippen molar-refractivity contribution in [2.75, 3.05) is 0 Å². The minimum atomic E-state index is 0.866. The highest BCUT2D eigenvalue weighted by Crippen LogP contribution is 2.27. The zero-order valence-corrected chi connectivity index (χ0v) is 8.85. The number of rotatable bonds is 5. The monoisotopic (exact) mass is 154 g/mol. The van der Waals surface area contributed by atoms with E-state index in [0.717, 1.165) is 17.7 Å². The predicted molar refractivity (Wildman–Crippen MR) is 55.8 cm³/mol. The van der Waals surface area contributed by atoms with E-state index in [1.165, 1.54) is 19.3 Å². The Labute approximate surface area is 73.2 Å². The van der Waals surface area contributed by atoms with E-state index < -0.39 is 0 Å². The molecule has 11 heavy (non-hydrogen) atoms. The largest absolute Gasteiger partial charge is 0.105 e. The van der Waals surface area contributed by atoms with Crippen LogP contribution in [0.25, 0.3) is 0 Å². The summed E-state index contributed by atoms with van der Waals surface area (Å²) in [5.41, 5.74) is 0. The van der Waals surface area contributed by atoms with Gasteiger partial charge >= 0.3 is 0 Å². The molecule has 1 heteroatoms. The molecule has 0 radical (unpaired) electrons. The third-order valence-electron chi connectivity index (χ3n) is 2.70. The van der Waals surface area contributed by atoms with Gasteiger partial charge < -0.3 is 0 Å². The predicted octanol–water partition coefficient (Wildman–Crippen LogP) is 2.89. The Morgan fingerprint density at radius 2 is 1.55 bits per heavy atom. The van der Waals surface area contributed by atoms with Crippen molar-refractivity contribution in [1.82, 2.24) is 0 Å². The van der Waals surface area contributed by atoms with Crippen LogP contribution in [0.2, 0.25) is 5.82 Å². The Morgan fingerprint density at radius 3 is 1.82 bits per heavy atom. The van der Waals surface area contributed by atoms with E-state index in [4.69, 9.17) is 0 Å². The third-order valence-corrected chi connectivity index (χ3v) is 2.70. The van der Waals surface area contributed by atoms with Gasteiger partial charge in [0.2, 0.25) is 0 Å². The summed E-state index contributed by atoms with van der Waals surface area (Å²) in [6.45, 7) is 9.26. The SMILES string of the molecule is BC(CC(C)C)C(CC)CC. The molecule has 0 nitrogen and oxygen atoms in total. The normalized spacial score (nSPS) is 14.4. The molecule has 0 aromatic carbocycles. The van der Waals surface area contributed by atoms with Crippen LogP contribution >= 0.6 is 0 Å². The van der Waals surface area contributed by atoms with Crippen molar-refractivity contribution in [1.29, 1.82) is 0 Å². The minimum absolute atomic E-state index is 0.866. The first-order chi connectivity index (χ1) is 5.11. The van der Waals surface area contributed by atoms with Gasteiger partial charge in [0.1, 0.15) is 7.85 Å². The van der Waals surface area contributed by atoms with E-state index in [1.807, 2.05) is 0 Å². The van der Waals surface area contributed by atoms with Gasteiger partial charge in [0.15, 0.2) is 0 Å². The number of hydrogen-bond acceptors (Lipinski definition) is 0. The molecule has 0 aromatic heterocycles. The maximum absolute atomic E-state index is 2.40. The van der Waals surface area contributed by atoms with Crippen LogP contribution in [0.15, 0.2) is 0 Å². The van der Waals surface area contributed by atoms with Crippen LogP contribution < -0.4 is 0 Å². The fourth-order valence-electron chi connectivity index (χ4n) is 2.03. The molecule has 0 heterocycles. The van der Waals surface area contributed by atoms with Crippen LogP contribution in [0.4, 0.5) is 0 Å². The van der Waals surface area contributed by atoms with E-state index in [1.54, 1.807) is 0 Å². The van der Waals surface area contributed by atoms with Crippen LogP contribution in [0.1, 0.15) is 47.0 Å². The van der Waals surface area contributed by atoms with Gasteiger partial charge in [-0.25, -0.2) is 0 Å². The van der Waals surface area contributed by atoms with Gasteiger partial charge in [-0.05, 0) is 11.8 Å². The van der Waals surface area contributed by atoms with Crippen LogP contribution in [0.3, 0.4) is 0 Å². The molecule has 0 aliphatic rings. The van der Waals surface area contributed by atoms with Gasteiger partial charge in [0.05, 0.1) is 0 Å². The van der Waals surface area contributed by atoms with Gasteiger partial charge in [-0.3, -0.25) is 0 Å². The average Bonchev–Trinajstić information content (AvgIpc) is 1.88. The summed E-state index contributed by atoms with van der Waals surface area (Å²) < 4.78 is 0. The molecule has 0 N–H and O–H groups in total. The summed E-state index contributed by atoms with van der Waals surface area (Å²) in [5, 5.41) is 0. The second kappa shape index (κ2) is 5.68. The van der Waals surface area contributed by atoms with Crippen LogP contribution in [0.5, 0.6) is 0 Å². The molecule has 0 aliphatic carbocycles. The lowest BCUT2D eigenvalue weighted by Crippen LogP contribution is -2.10. The van der Waals surface area contributed by atoms with E-state index in [9.17, 15) is 0 Å². The summed E-state index contributed by atoms with van der Waals surface area (Å²) in [7, 11) is 2.40. The van der Waals surface area contributed by atoms with Crippen molar-refractivity contribution in [2.24, 2.45) is 11.8 Å². The fraction of sp³-hybridized carbons (Fsp3) is 1.00. The molecule has 0 bridgehead atoms. The molecule has 0 rings (SSSR count). The van der Waals surface area contributed by atoms with Crippen molar-refractivity contribution in [3.63, 3.8) is 0 Å². The summed E-state index contributed by atoms with van der Waals surface area (Å²) in [6.07, 6.45) is 4.10. The highest BCUT2D eigenvalue weighted by atomic mass is 14.2. The maximum atomic E-state index is 2.40. The molecular weight excluding hydrogens is 131 g/mol. The van der Waals surface area contributed by atoms with E-state index in [0.29, 0.717) is 0 Å². The van der Waals surface area contributed by atoms with Gasteiger partial charge in [-0.1, -0.05) is 52.8 Å². The summed E-state index contributed by atoms with van der Waals surface area (Å²) in [5.74, 6) is 2.74. The molecule has 0 aromatic rings. The van der Waals surface area contributed by atoms with Crippen LogP contribution in [-0.2, 0) is 0 Å². The summed E-state index contributed by atoms with van der Waals surface area (Å²) in [6, 6.07) is 0. The van der Waals surface area contributed by atoms with Crippen molar-refractivity contribution < 1.29 is 0 Å². The van der Waals surface area contributed by atoms with Gasteiger partial charge in [-0.15, -0.1) is 0 Å². The van der Waals surface area contributed by atoms with Gasteiger partial charge in [-0.2, -0.15) is 0 Å². The van der Waals surface area contributed by atoms with E-state index >= 15 is 0 Å². The van der Waals surface area contributed by atoms with Crippen LogP contribution in [0, 0.1) is 11.8 Å². The molecule has 1 unspecified atom stereocenters. The fourth-order valence-corrected chi connectivity index (χ4v) is 2.03. The minimum Gasteiger partial charge on any atom is -0.0667 e. The molecule has 1 atom stereocenters. The second-order valence-corrected chi connectivity index (χ2v) is 4.18. The Kier molecular flexibility index (Phi) is 5.72. The zero-order chi connectivity index (χ0) is 8.85. The lowest BCUT2D eigenvalue weighted by molar-refractivity contribution is 0.404. The first-order valence-electron chi connectivity index (χ1n) is 5.11.